The topological polar surface area (TPSA) is 20.2 Å². The first-order chi connectivity index (χ1) is 7.16. The van der Waals surface area contributed by atoms with Crippen molar-refractivity contribution in [2.75, 3.05) is 0 Å². The zero-order chi connectivity index (χ0) is 11.5. The summed E-state index contributed by atoms with van der Waals surface area (Å²) in [5.74, 6) is 0. The normalized spacial score (nSPS) is 14.3. The van der Waals surface area contributed by atoms with Crippen LogP contribution in [0.25, 0.3) is 0 Å². The van der Waals surface area contributed by atoms with Gasteiger partial charge in [0.1, 0.15) is 0 Å². The highest BCUT2D eigenvalue weighted by atomic mass is 16.3. The quantitative estimate of drug-likeness (QED) is 0.442. The van der Waals surface area contributed by atoms with Crippen molar-refractivity contribution < 1.29 is 5.11 Å². The number of rotatable bonds is 9. The van der Waals surface area contributed by atoms with Gasteiger partial charge in [-0.1, -0.05) is 44.3 Å². The molecule has 0 bridgehead atoms. The van der Waals surface area contributed by atoms with Crippen LogP contribution in [-0.2, 0) is 0 Å². The first-order valence-corrected chi connectivity index (χ1v) is 6.50. The minimum atomic E-state index is -0.154. The summed E-state index contributed by atoms with van der Waals surface area (Å²) in [5.41, 5.74) is 1.49. The molecule has 0 radical (unpaired) electrons. The van der Waals surface area contributed by atoms with Gasteiger partial charge in [-0.2, -0.15) is 0 Å². The standard InChI is InChI=1S/C14H28O/c1-4-5-6-7-8-10-13(2)11-9-12-14(3)15/h11,14-15H,4-10,12H2,1-3H3. The molecule has 1 unspecified atom stereocenters. The molecule has 0 spiro atoms. The van der Waals surface area contributed by atoms with E-state index in [2.05, 4.69) is 19.9 Å². The van der Waals surface area contributed by atoms with E-state index in [1.54, 1.807) is 0 Å². The summed E-state index contributed by atoms with van der Waals surface area (Å²) < 4.78 is 0. The third kappa shape index (κ3) is 11.6. The third-order valence-corrected chi connectivity index (χ3v) is 2.75. The minimum absolute atomic E-state index is 0.154. The first-order valence-electron chi connectivity index (χ1n) is 6.50. The molecule has 0 aliphatic rings. The number of aliphatic hydroxyl groups excluding tert-OH is 1. The molecule has 0 aromatic rings. The van der Waals surface area contributed by atoms with Gasteiger partial charge in [0.05, 0.1) is 6.10 Å². The fraction of sp³-hybridized carbons (Fsp3) is 0.857. The molecule has 0 aromatic carbocycles. The van der Waals surface area contributed by atoms with Crippen molar-refractivity contribution >= 4 is 0 Å². The van der Waals surface area contributed by atoms with Crippen LogP contribution in [0.1, 0.15) is 72.1 Å². The lowest BCUT2D eigenvalue weighted by Gasteiger charge is -2.03. The average molecular weight is 212 g/mol. The molecule has 0 saturated heterocycles. The largest absolute Gasteiger partial charge is 0.393 e. The molecular weight excluding hydrogens is 184 g/mol. The van der Waals surface area contributed by atoms with Crippen molar-refractivity contribution in [2.24, 2.45) is 0 Å². The number of unbranched alkanes of at least 4 members (excludes halogenated alkanes) is 4. The van der Waals surface area contributed by atoms with E-state index in [9.17, 15) is 0 Å². The fourth-order valence-electron chi connectivity index (χ4n) is 1.68. The maximum absolute atomic E-state index is 9.11. The molecule has 0 rings (SSSR count). The van der Waals surface area contributed by atoms with E-state index in [4.69, 9.17) is 5.11 Å². The lowest BCUT2D eigenvalue weighted by atomic mass is 10.1. The van der Waals surface area contributed by atoms with Gasteiger partial charge in [-0.3, -0.25) is 0 Å². The number of hydrogen-bond donors (Lipinski definition) is 1. The van der Waals surface area contributed by atoms with E-state index in [1.165, 1.54) is 44.1 Å². The van der Waals surface area contributed by atoms with Crippen LogP contribution in [0.15, 0.2) is 11.6 Å². The van der Waals surface area contributed by atoms with Crippen LogP contribution in [0.2, 0.25) is 0 Å². The van der Waals surface area contributed by atoms with Crippen molar-refractivity contribution in [3.05, 3.63) is 11.6 Å². The molecule has 0 aromatic heterocycles. The van der Waals surface area contributed by atoms with Crippen molar-refractivity contribution in [2.45, 2.75) is 78.2 Å². The van der Waals surface area contributed by atoms with Gasteiger partial charge in [0.25, 0.3) is 0 Å². The molecule has 0 fully saturated rings. The molecule has 0 heterocycles. The summed E-state index contributed by atoms with van der Waals surface area (Å²) in [5, 5.41) is 9.11. The van der Waals surface area contributed by atoms with Gasteiger partial charge in [0, 0.05) is 0 Å². The van der Waals surface area contributed by atoms with Crippen molar-refractivity contribution in [1.29, 1.82) is 0 Å². The maximum Gasteiger partial charge on any atom is 0.0515 e. The SMILES string of the molecule is CCCCCCCC(C)=CCCC(C)O. The highest BCUT2D eigenvalue weighted by Gasteiger charge is 1.94. The molecule has 1 heteroatoms. The summed E-state index contributed by atoms with van der Waals surface area (Å²) in [6.07, 6.45) is 12.1. The molecule has 0 aliphatic heterocycles. The lowest BCUT2D eigenvalue weighted by Crippen LogP contribution is -1.97. The van der Waals surface area contributed by atoms with Gasteiger partial charge in [-0.25, -0.2) is 0 Å². The van der Waals surface area contributed by atoms with Crippen molar-refractivity contribution in [1.82, 2.24) is 0 Å². The van der Waals surface area contributed by atoms with Gasteiger partial charge >= 0.3 is 0 Å². The monoisotopic (exact) mass is 212 g/mol. The average Bonchev–Trinajstić information content (AvgIpc) is 2.17. The first kappa shape index (κ1) is 14.7. The van der Waals surface area contributed by atoms with Gasteiger partial charge < -0.3 is 5.11 Å². The number of hydrogen-bond acceptors (Lipinski definition) is 1. The molecule has 0 amide bonds. The second-order valence-corrected chi connectivity index (χ2v) is 4.64. The number of aliphatic hydroxyl groups is 1. The molecule has 0 saturated carbocycles. The Morgan fingerprint density at radius 1 is 1.20 bits per heavy atom. The molecule has 1 nitrogen and oxygen atoms in total. The molecular formula is C14H28O. The Morgan fingerprint density at radius 3 is 2.47 bits per heavy atom. The van der Waals surface area contributed by atoms with E-state index in [1.807, 2.05) is 6.92 Å². The van der Waals surface area contributed by atoms with Gasteiger partial charge in [0.2, 0.25) is 0 Å². The Balaban J connectivity index is 3.34. The molecule has 1 atom stereocenters. The fourth-order valence-corrected chi connectivity index (χ4v) is 1.68. The Morgan fingerprint density at radius 2 is 1.87 bits per heavy atom. The highest BCUT2D eigenvalue weighted by Crippen LogP contribution is 2.11. The predicted molar refractivity (Wildman–Crippen MR) is 68.0 cm³/mol. The van der Waals surface area contributed by atoms with Gasteiger partial charge in [-0.15, -0.1) is 0 Å². The van der Waals surface area contributed by atoms with Crippen molar-refractivity contribution in [3.63, 3.8) is 0 Å². The second kappa shape index (κ2) is 10.2. The Kier molecular flexibility index (Phi) is 10.0. The van der Waals surface area contributed by atoms with Crippen LogP contribution < -0.4 is 0 Å². The van der Waals surface area contributed by atoms with Crippen LogP contribution in [-0.4, -0.2) is 11.2 Å². The zero-order valence-corrected chi connectivity index (χ0v) is 10.8. The molecule has 0 aliphatic carbocycles. The van der Waals surface area contributed by atoms with Crippen LogP contribution in [0.5, 0.6) is 0 Å². The second-order valence-electron chi connectivity index (χ2n) is 4.64. The van der Waals surface area contributed by atoms with E-state index in [0.29, 0.717) is 0 Å². The Bertz CT molecular complexity index is 159. The van der Waals surface area contributed by atoms with E-state index >= 15 is 0 Å². The minimum Gasteiger partial charge on any atom is -0.393 e. The summed E-state index contributed by atoms with van der Waals surface area (Å²) in [7, 11) is 0. The maximum atomic E-state index is 9.11. The van der Waals surface area contributed by atoms with E-state index in [0.717, 1.165) is 12.8 Å². The third-order valence-electron chi connectivity index (χ3n) is 2.75. The summed E-state index contributed by atoms with van der Waals surface area (Å²) in [4.78, 5) is 0. The summed E-state index contributed by atoms with van der Waals surface area (Å²) in [6, 6.07) is 0. The zero-order valence-electron chi connectivity index (χ0n) is 10.8. The molecule has 90 valence electrons. The summed E-state index contributed by atoms with van der Waals surface area (Å²) >= 11 is 0. The molecule has 1 N–H and O–H groups in total. The lowest BCUT2D eigenvalue weighted by molar-refractivity contribution is 0.186. The Hall–Kier alpha value is -0.300. The molecule has 15 heavy (non-hydrogen) atoms. The van der Waals surface area contributed by atoms with E-state index < -0.39 is 0 Å². The summed E-state index contributed by atoms with van der Waals surface area (Å²) in [6.45, 7) is 6.32. The van der Waals surface area contributed by atoms with Crippen molar-refractivity contribution in [3.8, 4) is 0 Å². The number of allylic oxidation sites excluding steroid dienone is 2. The highest BCUT2D eigenvalue weighted by molar-refractivity contribution is 4.97. The van der Waals surface area contributed by atoms with Crippen LogP contribution in [0.3, 0.4) is 0 Å². The van der Waals surface area contributed by atoms with Crippen LogP contribution >= 0.6 is 0 Å². The smallest absolute Gasteiger partial charge is 0.0515 e. The van der Waals surface area contributed by atoms with Crippen LogP contribution in [0.4, 0.5) is 0 Å². The Labute approximate surface area is 95.6 Å². The van der Waals surface area contributed by atoms with Gasteiger partial charge in [0.15, 0.2) is 0 Å². The predicted octanol–water partition coefficient (Wildman–Crippen LogP) is 4.45. The van der Waals surface area contributed by atoms with Crippen LogP contribution in [0, 0.1) is 0 Å². The van der Waals surface area contributed by atoms with E-state index in [-0.39, 0.29) is 6.10 Å². The van der Waals surface area contributed by atoms with Gasteiger partial charge in [-0.05, 0) is 39.5 Å².